The van der Waals surface area contributed by atoms with Gasteiger partial charge in [0.2, 0.25) is 5.91 Å². The number of fused-ring (bicyclic) bond motifs is 1. The number of ether oxygens (including phenoxy) is 2. The van der Waals surface area contributed by atoms with Crippen molar-refractivity contribution in [3.8, 4) is 12.3 Å². The summed E-state index contributed by atoms with van der Waals surface area (Å²) in [5.41, 5.74) is 1.59. The number of nitrogens with zero attached hydrogens (tertiary/aromatic N) is 1. The van der Waals surface area contributed by atoms with Crippen molar-refractivity contribution < 1.29 is 19.1 Å². The number of rotatable bonds is 4. The van der Waals surface area contributed by atoms with Gasteiger partial charge in [0, 0.05) is 13.0 Å². The van der Waals surface area contributed by atoms with Gasteiger partial charge in [-0.15, -0.1) is 6.42 Å². The van der Waals surface area contributed by atoms with Crippen LogP contribution in [0.2, 0.25) is 0 Å². The number of terminal acetylenes is 1. The summed E-state index contributed by atoms with van der Waals surface area (Å²) in [6, 6.07) is 7.15. The largest absolute Gasteiger partial charge is 0.444 e. The number of nitrogens with one attached hydrogen (secondary N) is 1. The molecule has 1 unspecified atom stereocenters. The first kappa shape index (κ1) is 20.2. The van der Waals surface area contributed by atoms with Crippen molar-refractivity contribution >= 4 is 12.0 Å². The first-order valence-corrected chi connectivity index (χ1v) is 9.73. The number of likely N-dealkylation sites (tertiary alicyclic amines) is 1. The van der Waals surface area contributed by atoms with Gasteiger partial charge >= 0.3 is 6.09 Å². The standard InChI is InChI=1S/C22H28N2O4/c1-5-13-27-18-14-15-9-6-7-10-16(15)19(18)23-20(25)17-11-8-12-24(17)21(26)28-22(2,3)4/h1,6-7,9-10,17-19H,8,11-14H2,2-4H3,(H,23,25)/t17-,18-,19?/m0/s1. The molecule has 0 spiro atoms. The van der Waals surface area contributed by atoms with Crippen molar-refractivity contribution in [2.45, 2.75) is 63.8 Å². The molecule has 1 aliphatic heterocycles. The van der Waals surface area contributed by atoms with Crippen molar-refractivity contribution in [3.63, 3.8) is 0 Å². The van der Waals surface area contributed by atoms with E-state index in [0.29, 0.717) is 19.4 Å². The van der Waals surface area contributed by atoms with Crippen LogP contribution in [-0.4, -0.2) is 47.8 Å². The first-order chi connectivity index (χ1) is 13.3. The van der Waals surface area contributed by atoms with Crippen LogP contribution in [0.15, 0.2) is 24.3 Å². The van der Waals surface area contributed by atoms with Crippen LogP contribution < -0.4 is 5.32 Å². The quantitative estimate of drug-likeness (QED) is 0.811. The van der Waals surface area contributed by atoms with Crippen molar-refractivity contribution in [1.29, 1.82) is 0 Å². The van der Waals surface area contributed by atoms with Gasteiger partial charge in [-0.1, -0.05) is 30.2 Å². The molecule has 1 aromatic rings. The van der Waals surface area contributed by atoms with E-state index in [4.69, 9.17) is 15.9 Å². The van der Waals surface area contributed by atoms with Crippen LogP contribution in [0, 0.1) is 12.3 Å². The molecule has 6 nitrogen and oxygen atoms in total. The van der Waals surface area contributed by atoms with Gasteiger partial charge in [0.1, 0.15) is 18.2 Å². The number of hydrogen-bond donors (Lipinski definition) is 1. The molecular formula is C22H28N2O4. The fourth-order valence-corrected chi connectivity index (χ4v) is 3.87. The third-order valence-electron chi connectivity index (χ3n) is 5.04. The van der Waals surface area contributed by atoms with Crippen LogP contribution in [0.5, 0.6) is 0 Å². The summed E-state index contributed by atoms with van der Waals surface area (Å²) in [6.07, 6.45) is 6.77. The number of benzene rings is 1. The summed E-state index contributed by atoms with van der Waals surface area (Å²) in [5, 5.41) is 3.10. The van der Waals surface area contributed by atoms with E-state index in [0.717, 1.165) is 17.5 Å². The van der Waals surface area contributed by atoms with E-state index >= 15 is 0 Å². The molecule has 1 fully saturated rings. The summed E-state index contributed by atoms with van der Waals surface area (Å²) in [5.74, 6) is 2.31. The van der Waals surface area contributed by atoms with Crippen molar-refractivity contribution in [3.05, 3.63) is 35.4 Å². The molecule has 3 rings (SSSR count). The Morgan fingerprint density at radius 3 is 2.79 bits per heavy atom. The van der Waals surface area contributed by atoms with E-state index in [2.05, 4.69) is 11.2 Å². The fourth-order valence-electron chi connectivity index (χ4n) is 3.87. The van der Waals surface area contributed by atoms with Gasteiger partial charge in [-0.05, 0) is 44.7 Å². The molecule has 0 saturated carbocycles. The molecule has 0 radical (unpaired) electrons. The second-order valence-electron chi connectivity index (χ2n) is 8.27. The van der Waals surface area contributed by atoms with E-state index in [-0.39, 0.29) is 24.7 Å². The maximum atomic E-state index is 13.1. The molecule has 6 heteroatoms. The SMILES string of the molecule is C#CCO[C@H]1Cc2ccccc2C1NC(=O)[C@@H]1CCCN1C(=O)OC(C)(C)C. The molecule has 1 heterocycles. The lowest BCUT2D eigenvalue weighted by atomic mass is 10.1. The smallest absolute Gasteiger partial charge is 0.410 e. The highest BCUT2D eigenvalue weighted by Crippen LogP contribution is 2.34. The van der Waals surface area contributed by atoms with E-state index in [1.165, 1.54) is 4.90 Å². The minimum Gasteiger partial charge on any atom is -0.444 e. The average Bonchev–Trinajstić information content (AvgIpc) is 3.24. The predicted molar refractivity (Wildman–Crippen MR) is 106 cm³/mol. The Hall–Kier alpha value is -2.52. The molecule has 28 heavy (non-hydrogen) atoms. The molecule has 1 aliphatic carbocycles. The van der Waals surface area contributed by atoms with Crippen molar-refractivity contribution in [1.82, 2.24) is 10.2 Å². The highest BCUT2D eigenvalue weighted by atomic mass is 16.6. The topological polar surface area (TPSA) is 67.9 Å². The lowest BCUT2D eigenvalue weighted by molar-refractivity contribution is -0.127. The summed E-state index contributed by atoms with van der Waals surface area (Å²) in [6.45, 7) is 6.17. The molecule has 150 valence electrons. The van der Waals surface area contributed by atoms with Crippen LogP contribution in [-0.2, 0) is 20.7 Å². The Bertz CT molecular complexity index is 777. The number of carbonyl (C=O) groups is 2. The third kappa shape index (κ3) is 4.48. The van der Waals surface area contributed by atoms with Crippen molar-refractivity contribution in [2.24, 2.45) is 0 Å². The monoisotopic (exact) mass is 384 g/mol. The van der Waals surface area contributed by atoms with Crippen LogP contribution >= 0.6 is 0 Å². The minimum absolute atomic E-state index is 0.181. The zero-order valence-corrected chi connectivity index (χ0v) is 16.7. The Kier molecular flexibility index (Phi) is 5.95. The number of carbonyl (C=O) groups excluding carboxylic acids is 2. The number of amides is 2. The van der Waals surface area contributed by atoms with E-state index in [9.17, 15) is 9.59 Å². The summed E-state index contributed by atoms with van der Waals surface area (Å²) in [4.78, 5) is 27.1. The molecule has 0 aromatic heterocycles. The fraction of sp³-hybridized carbons (Fsp3) is 0.545. The van der Waals surface area contributed by atoms with Gasteiger partial charge in [0.15, 0.2) is 0 Å². The van der Waals surface area contributed by atoms with Crippen LogP contribution in [0.25, 0.3) is 0 Å². The Balaban J connectivity index is 1.73. The number of hydrogen-bond acceptors (Lipinski definition) is 4. The van der Waals surface area contributed by atoms with Gasteiger partial charge in [-0.2, -0.15) is 0 Å². The van der Waals surface area contributed by atoms with Gasteiger partial charge in [-0.25, -0.2) is 4.79 Å². The van der Waals surface area contributed by atoms with Crippen LogP contribution in [0.3, 0.4) is 0 Å². The summed E-state index contributed by atoms with van der Waals surface area (Å²) >= 11 is 0. The maximum absolute atomic E-state index is 13.1. The highest BCUT2D eigenvalue weighted by Gasteiger charge is 2.40. The Morgan fingerprint density at radius 1 is 1.32 bits per heavy atom. The second-order valence-corrected chi connectivity index (χ2v) is 8.27. The summed E-state index contributed by atoms with van der Waals surface area (Å²) in [7, 11) is 0. The molecule has 1 saturated heterocycles. The van der Waals surface area contributed by atoms with E-state index in [1.54, 1.807) is 0 Å². The van der Waals surface area contributed by atoms with Gasteiger partial charge in [-0.3, -0.25) is 9.69 Å². The van der Waals surface area contributed by atoms with Gasteiger partial charge in [0.25, 0.3) is 0 Å². The predicted octanol–water partition coefficient (Wildman–Crippen LogP) is 2.82. The average molecular weight is 384 g/mol. The van der Waals surface area contributed by atoms with Crippen molar-refractivity contribution in [2.75, 3.05) is 13.2 Å². The summed E-state index contributed by atoms with van der Waals surface area (Å²) < 4.78 is 11.3. The molecule has 1 aromatic carbocycles. The Labute approximate surface area is 166 Å². The zero-order chi connectivity index (χ0) is 20.3. The molecular weight excluding hydrogens is 356 g/mol. The minimum atomic E-state index is -0.598. The van der Waals surface area contributed by atoms with Gasteiger partial charge < -0.3 is 14.8 Å². The van der Waals surface area contributed by atoms with Gasteiger partial charge in [0.05, 0.1) is 12.1 Å². The normalized spacial score (nSPS) is 23.8. The lowest BCUT2D eigenvalue weighted by Gasteiger charge is -2.29. The third-order valence-corrected chi connectivity index (χ3v) is 5.04. The van der Waals surface area contributed by atoms with E-state index in [1.807, 2.05) is 45.0 Å². The lowest BCUT2D eigenvalue weighted by Crippen LogP contribution is -2.49. The maximum Gasteiger partial charge on any atom is 0.410 e. The molecule has 0 bridgehead atoms. The molecule has 2 amide bonds. The molecule has 2 aliphatic rings. The highest BCUT2D eigenvalue weighted by molar-refractivity contribution is 5.86. The molecule has 1 N–H and O–H groups in total. The molecule has 3 atom stereocenters. The van der Waals surface area contributed by atoms with E-state index < -0.39 is 17.7 Å². The van der Waals surface area contributed by atoms with Crippen LogP contribution in [0.1, 0.15) is 50.8 Å². The Morgan fingerprint density at radius 2 is 2.07 bits per heavy atom. The zero-order valence-electron chi connectivity index (χ0n) is 16.7. The second kappa shape index (κ2) is 8.24. The van der Waals surface area contributed by atoms with Crippen LogP contribution in [0.4, 0.5) is 4.79 Å². The first-order valence-electron chi connectivity index (χ1n) is 9.73.